The summed E-state index contributed by atoms with van der Waals surface area (Å²) >= 11 is 1.72. The molecule has 2 aromatic carbocycles. The lowest BCUT2D eigenvalue weighted by Gasteiger charge is -2.14. The first-order valence-electron chi connectivity index (χ1n) is 8.94. The van der Waals surface area contributed by atoms with Crippen molar-refractivity contribution < 1.29 is 4.79 Å². The van der Waals surface area contributed by atoms with Crippen molar-refractivity contribution in [2.45, 2.75) is 32.4 Å². The summed E-state index contributed by atoms with van der Waals surface area (Å²) in [6, 6.07) is 16.4. The second-order valence-electron chi connectivity index (χ2n) is 6.71. The van der Waals surface area contributed by atoms with Gasteiger partial charge in [0.25, 0.3) is 0 Å². The first-order valence-corrected chi connectivity index (χ1v) is 9.76. The van der Waals surface area contributed by atoms with E-state index in [0.717, 1.165) is 29.9 Å². The maximum absolute atomic E-state index is 12.2. The third kappa shape index (κ3) is 5.13. The minimum absolute atomic E-state index is 0.103. The third-order valence-corrected chi connectivity index (χ3v) is 5.31. The number of carbonyl (C=O) groups is 1. The van der Waals surface area contributed by atoms with Crippen LogP contribution in [0.4, 0.5) is 0 Å². The minimum atomic E-state index is 0.103. The van der Waals surface area contributed by atoms with Gasteiger partial charge >= 0.3 is 0 Å². The molecule has 0 fully saturated rings. The molecule has 0 saturated heterocycles. The average Bonchev–Trinajstić information content (AvgIpc) is 3.03. The average molecular weight is 368 g/mol. The summed E-state index contributed by atoms with van der Waals surface area (Å²) in [6.07, 6.45) is 2.21. The number of thiazole rings is 1. The highest BCUT2D eigenvalue weighted by molar-refractivity contribution is 7.18. The van der Waals surface area contributed by atoms with Crippen molar-refractivity contribution in [3.63, 3.8) is 0 Å². The molecule has 0 atom stereocenters. The second-order valence-corrected chi connectivity index (χ2v) is 7.83. The van der Waals surface area contributed by atoms with E-state index in [0.29, 0.717) is 13.0 Å². The highest BCUT2D eigenvalue weighted by Gasteiger charge is 2.07. The summed E-state index contributed by atoms with van der Waals surface area (Å²) in [5.74, 6) is 0.103. The van der Waals surface area contributed by atoms with E-state index in [1.54, 1.807) is 11.3 Å². The molecule has 3 aromatic rings. The lowest BCUT2D eigenvalue weighted by Crippen LogP contribution is -2.24. The number of nitrogens with zero attached hydrogens (tertiary/aromatic N) is 2. The van der Waals surface area contributed by atoms with Crippen LogP contribution in [0.3, 0.4) is 0 Å². The van der Waals surface area contributed by atoms with Crippen molar-refractivity contribution in [1.29, 1.82) is 0 Å². The molecule has 0 radical (unpaired) electrons. The van der Waals surface area contributed by atoms with Gasteiger partial charge in [-0.1, -0.05) is 36.4 Å². The van der Waals surface area contributed by atoms with Crippen LogP contribution in [-0.4, -0.2) is 29.9 Å². The molecular formula is C21H25N3OS. The molecule has 26 heavy (non-hydrogen) atoms. The first kappa shape index (κ1) is 18.5. The Morgan fingerprint density at radius 3 is 2.58 bits per heavy atom. The maximum Gasteiger partial charge on any atom is 0.220 e. The molecule has 1 amide bonds. The van der Waals surface area contributed by atoms with E-state index in [1.807, 2.05) is 30.3 Å². The van der Waals surface area contributed by atoms with Crippen LogP contribution in [0.5, 0.6) is 0 Å². The normalized spacial score (nSPS) is 11.2. The molecular weight excluding hydrogens is 342 g/mol. The number of hydrogen-bond acceptors (Lipinski definition) is 4. The van der Waals surface area contributed by atoms with Gasteiger partial charge in [-0.2, -0.15) is 0 Å². The zero-order valence-electron chi connectivity index (χ0n) is 15.4. The second kappa shape index (κ2) is 8.92. The van der Waals surface area contributed by atoms with Crippen LogP contribution in [-0.2, 0) is 24.3 Å². The molecule has 0 aliphatic heterocycles. The van der Waals surface area contributed by atoms with E-state index < -0.39 is 0 Å². The fourth-order valence-electron chi connectivity index (χ4n) is 2.93. The zero-order chi connectivity index (χ0) is 18.4. The van der Waals surface area contributed by atoms with Crippen LogP contribution in [0, 0.1) is 0 Å². The summed E-state index contributed by atoms with van der Waals surface area (Å²) < 4.78 is 1.21. The van der Waals surface area contributed by atoms with Crippen LogP contribution in [0.15, 0.2) is 48.5 Å². The van der Waals surface area contributed by atoms with Gasteiger partial charge in [0.05, 0.1) is 15.2 Å². The standard InChI is InChI=1S/C21H25N3OS/c1-24(2)15-17-9-4-3-8-16(17)14-22-20(25)12-7-13-21-23-18-10-5-6-11-19(18)26-21/h3-6,8-11H,7,12-15H2,1-2H3,(H,22,25). The molecule has 1 N–H and O–H groups in total. The molecule has 3 rings (SSSR count). The van der Waals surface area contributed by atoms with Crippen LogP contribution >= 0.6 is 11.3 Å². The molecule has 0 saturated carbocycles. The zero-order valence-corrected chi connectivity index (χ0v) is 16.2. The number of hydrogen-bond donors (Lipinski definition) is 1. The summed E-state index contributed by atoms with van der Waals surface area (Å²) in [7, 11) is 4.11. The van der Waals surface area contributed by atoms with Gasteiger partial charge in [-0.05, 0) is 50.2 Å². The smallest absolute Gasteiger partial charge is 0.220 e. The number of nitrogens with one attached hydrogen (secondary N) is 1. The lowest BCUT2D eigenvalue weighted by molar-refractivity contribution is -0.121. The Morgan fingerprint density at radius 1 is 1.08 bits per heavy atom. The van der Waals surface area contributed by atoms with Crippen LogP contribution in [0.1, 0.15) is 29.0 Å². The van der Waals surface area contributed by atoms with E-state index in [4.69, 9.17) is 0 Å². The number of rotatable bonds is 8. The van der Waals surface area contributed by atoms with Gasteiger partial charge in [0.2, 0.25) is 5.91 Å². The molecule has 0 aliphatic rings. The maximum atomic E-state index is 12.2. The van der Waals surface area contributed by atoms with Gasteiger partial charge in [0.15, 0.2) is 0 Å². The predicted molar refractivity (Wildman–Crippen MR) is 108 cm³/mol. The molecule has 0 bridgehead atoms. The van der Waals surface area contributed by atoms with Crippen LogP contribution in [0.2, 0.25) is 0 Å². The molecule has 4 nitrogen and oxygen atoms in total. The Balaban J connectivity index is 1.46. The summed E-state index contributed by atoms with van der Waals surface area (Å²) in [4.78, 5) is 18.9. The molecule has 136 valence electrons. The number of aryl methyl sites for hydroxylation is 1. The van der Waals surface area contributed by atoms with Gasteiger partial charge in [0, 0.05) is 19.5 Å². The molecule has 0 unspecified atom stereocenters. The Hall–Kier alpha value is -2.24. The van der Waals surface area contributed by atoms with Crippen molar-refractivity contribution in [2.24, 2.45) is 0 Å². The van der Waals surface area contributed by atoms with E-state index in [-0.39, 0.29) is 5.91 Å². The van der Waals surface area contributed by atoms with Crippen molar-refractivity contribution in [2.75, 3.05) is 14.1 Å². The molecule has 1 aromatic heterocycles. The van der Waals surface area contributed by atoms with Crippen molar-refractivity contribution in [1.82, 2.24) is 15.2 Å². The summed E-state index contributed by atoms with van der Waals surface area (Å²) in [5.41, 5.74) is 3.49. The Bertz CT molecular complexity index is 839. The lowest BCUT2D eigenvalue weighted by atomic mass is 10.1. The molecule has 0 spiro atoms. The number of amides is 1. The van der Waals surface area contributed by atoms with Crippen molar-refractivity contribution in [3.05, 3.63) is 64.7 Å². The van der Waals surface area contributed by atoms with E-state index in [2.05, 4.69) is 47.5 Å². The number of carbonyl (C=O) groups excluding carboxylic acids is 1. The van der Waals surface area contributed by atoms with Gasteiger partial charge < -0.3 is 10.2 Å². The highest BCUT2D eigenvalue weighted by atomic mass is 32.1. The van der Waals surface area contributed by atoms with Crippen molar-refractivity contribution in [3.8, 4) is 0 Å². The molecule has 0 aliphatic carbocycles. The SMILES string of the molecule is CN(C)Cc1ccccc1CNC(=O)CCCc1nc2ccccc2s1. The summed E-state index contributed by atoms with van der Waals surface area (Å²) in [6.45, 7) is 1.47. The van der Waals surface area contributed by atoms with Gasteiger partial charge in [-0.25, -0.2) is 4.98 Å². The number of para-hydroxylation sites is 1. The van der Waals surface area contributed by atoms with Gasteiger partial charge in [0.1, 0.15) is 0 Å². The fraction of sp³-hybridized carbons (Fsp3) is 0.333. The van der Waals surface area contributed by atoms with E-state index >= 15 is 0 Å². The topological polar surface area (TPSA) is 45.2 Å². The number of benzene rings is 2. The molecule has 1 heterocycles. The minimum Gasteiger partial charge on any atom is -0.352 e. The van der Waals surface area contributed by atoms with Gasteiger partial charge in [-0.15, -0.1) is 11.3 Å². The van der Waals surface area contributed by atoms with Crippen molar-refractivity contribution >= 4 is 27.5 Å². The Morgan fingerprint density at radius 2 is 1.81 bits per heavy atom. The fourth-order valence-corrected chi connectivity index (χ4v) is 3.94. The quantitative estimate of drug-likeness (QED) is 0.655. The largest absolute Gasteiger partial charge is 0.352 e. The van der Waals surface area contributed by atoms with Crippen LogP contribution < -0.4 is 5.32 Å². The molecule has 5 heteroatoms. The highest BCUT2D eigenvalue weighted by Crippen LogP contribution is 2.22. The Kier molecular flexibility index (Phi) is 6.36. The number of fused-ring (bicyclic) bond motifs is 1. The Labute approximate surface area is 158 Å². The third-order valence-electron chi connectivity index (χ3n) is 4.21. The van der Waals surface area contributed by atoms with Gasteiger partial charge in [-0.3, -0.25) is 4.79 Å². The van der Waals surface area contributed by atoms with E-state index in [9.17, 15) is 4.79 Å². The first-order chi connectivity index (χ1) is 12.6. The van der Waals surface area contributed by atoms with E-state index in [1.165, 1.54) is 15.8 Å². The summed E-state index contributed by atoms with van der Waals surface area (Å²) in [5, 5.41) is 4.16. The monoisotopic (exact) mass is 367 g/mol. The predicted octanol–water partition coefficient (Wildman–Crippen LogP) is 4.00. The van der Waals surface area contributed by atoms with Crippen LogP contribution in [0.25, 0.3) is 10.2 Å². The number of aromatic nitrogens is 1.